The average Bonchev–Trinajstić information content (AvgIpc) is 3.39. The van der Waals surface area contributed by atoms with Gasteiger partial charge in [0, 0.05) is 36.3 Å². The highest BCUT2D eigenvalue weighted by atomic mass is 35.5. The Morgan fingerprint density at radius 2 is 1.78 bits per heavy atom. The molecule has 0 spiro atoms. The first-order valence-electron chi connectivity index (χ1n) is 11.4. The average molecular weight is 558 g/mol. The summed E-state index contributed by atoms with van der Waals surface area (Å²) >= 11 is 6.16. The summed E-state index contributed by atoms with van der Waals surface area (Å²) in [5.74, 6) is -2.06. The molecule has 2 atom stereocenters. The summed E-state index contributed by atoms with van der Waals surface area (Å²) < 4.78 is 65.8. The van der Waals surface area contributed by atoms with Crippen molar-refractivity contribution in [2.45, 2.75) is 50.3 Å². The van der Waals surface area contributed by atoms with E-state index in [-0.39, 0.29) is 23.0 Å². The zero-order chi connectivity index (χ0) is 27.2. The maximum Gasteiger partial charge on any atom is 0.451 e. The highest BCUT2D eigenvalue weighted by Gasteiger charge is 2.35. The van der Waals surface area contributed by atoms with Crippen molar-refractivity contribution in [1.82, 2.24) is 24.6 Å². The molecule has 1 N–H and O–H groups in total. The number of hydrogen-bond donors (Lipinski definition) is 1. The van der Waals surface area contributed by atoms with Gasteiger partial charge < -0.3 is 5.32 Å². The van der Waals surface area contributed by atoms with Gasteiger partial charge in [0.1, 0.15) is 22.8 Å². The van der Waals surface area contributed by atoms with Crippen LogP contribution in [-0.4, -0.2) is 42.0 Å². The van der Waals surface area contributed by atoms with Crippen molar-refractivity contribution in [3.8, 4) is 11.1 Å². The molecule has 3 aromatic rings. The molecule has 7 nitrogen and oxygen atoms in total. The van der Waals surface area contributed by atoms with Crippen molar-refractivity contribution >= 4 is 28.5 Å². The van der Waals surface area contributed by atoms with E-state index in [2.05, 4.69) is 20.3 Å². The number of alkyl halides is 3. The highest BCUT2D eigenvalue weighted by molar-refractivity contribution is 7.82. The van der Waals surface area contributed by atoms with Crippen LogP contribution >= 0.6 is 11.6 Å². The van der Waals surface area contributed by atoms with Crippen LogP contribution in [0.3, 0.4) is 0 Å². The van der Waals surface area contributed by atoms with Gasteiger partial charge in [-0.25, -0.2) is 22.9 Å². The van der Waals surface area contributed by atoms with E-state index in [1.165, 1.54) is 36.5 Å². The lowest BCUT2D eigenvalue weighted by molar-refractivity contribution is -0.145. The van der Waals surface area contributed by atoms with Gasteiger partial charge >= 0.3 is 6.18 Å². The van der Waals surface area contributed by atoms with Crippen LogP contribution in [0.25, 0.3) is 11.1 Å². The third-order valence-electron chi connectivity index (χ3n) is 5.31. The number of benzene rings is 1. The molecule has 3 heterocycles. The van der Waals surface area contributed by atoms with E-state index in [0.29, 0.717) is 35.5 Å². The molecule has 1 fully saturated rings. The molecule has 37 heavy (non-hydrogen) atoms. The smallest absolute Gasteiger partial charge is 0.349 e. The van der Waals surface area contributed by atoms with Gasteiger partial charge in [-0.1, -0.05) is 25.4 Å². The van der Waals surface area contributed by atoms with Crippen LogP contribution in [0.1, 0.15) is 38.2 Å². The van der Waals surface area contributed by atoms with Crippen LogP contribution in [0.4, 0.5) is 17.6 Å². The van der Waals surface area contributed by atoms with Gasteiger partial charge in [0.15, 0.2) is 0 Å². The van der Waals surface area contributed by atoms with Gasteiger partial charge in [0.2, 0.25) is 11.7 Å². The fourth-order valence-electron chi connectivity index (χ4n) is 3.60. The van der Waals surface area contributed by atoms with E-state index in [4.69, 9.17) is 11.6 Å². The molecule has 1 saturated heterocycles. The van der Waals surface area contributed by atoms with Gasteiger partial charge in [-0.3, -0.25) is 9.78 Å². The number of carbonyl (C=O) groups is 1. The molecular formula is C24H24ClF4N5O2S. The number of pyridine rings is 1. The molecule has 1 aliphatic rings. The Morgan fingerprint density at radius 3 is 2.41 bits per heavy atom. The first-order chi connectivity index (χ1) is 17.6. The van der Waals surface area contributed by atoms with Crippen molar-refractivity contribution in [1.29, 1.82) is 0 Å². The number of halogens is 5. The molecule has 13 heteroatoms. The number of nitrogens with zero attached hydrogens (tertiary/aromatic N) is 4. The Morgan fingerprint density at radius 1 is 1.14 bits per heavy atom. The standard InChI is InChI=1S/C22H18ClF4N5O2S.C2H6/c23-18-12-28-15(8-17(18)13-9-30-21(31-10-13)22(25,26)27)11-29-20(33)19-2-1-7-32(19)35(34)16-5-3-14(24)4-6-16;1-2/h3-6,8-10,12,19H,1-2,7,11H2,(H,29,33);1-2H3. The summed E-state index contributed by atoms with van der Waals surface area (Å²) in [6.45, 7) is 4.46. The van der Waals surface area contributed by atoms with Crippen LogP contribution < -0.4 is 5.32 Å². The predicted octanol–water partition coefficient (Wildman–Crippen LogP) is 5.18. The lowest BCUT2D eigenvalue weighted by atomic mass is 10.1. The molecule has 0 saturated carbocycles. The van der Waals surface area contributed by atoms with Crippen molar-refractivity contribution in [2.24, 2.45) is 0 Å². The molecule has 1 aliphatic heterocycles. The lowest BCUT2D eigenvalue weighted by Gasteiger charge is -2.22. The number of hydrogen-bond acceptors (Lipinski definition) is 5. The van der Waals surface area contributed by atoms with Crippen molar-refractivity contribution in [2.75, 3.05) is 6.54 Å². The van der Waals surface area contributed by atoms with Crippen LogP contribution in [0.2, 0.25) is 5.02 Å². The number of carbonyl (C=O) groups excluding carboxylic acids is 1. The second-order valence-electron chi connectivity index (χ2n) is 7.67. The predicted molar refractivity (Wildman–Crippen MR) is 131 cm³/mol. The molecule has 198 valence electrons. The zero-order valence-corrected chi connectivity index (χ0v) is 21.5. The molecule has 1 aromatic carbocycles. The van der Waals surface area contributed by atoms with Gasteiger partial charge in [0.25, 0.3) is 0 Å². The first kappa shape index (κ1) is 28.6. The first-order valence-corrected chi connectivity index (χ1v) is 12.9. The molecule has 0 aliphatic carbocycles. The third kappa shape index (κ3) is 7.08. The molecule has 4 rings (SSSR count). The topological polar surface area (TPSA) is 88.1 Å². The Balaban J connectivity index is 0.00000186. The van der Waals surface area contributed by atoms with E-state index in [0.717, 1.165) is 12.4 Å². The summed E-state index contributed by atoms with van der Waals surface area (Å²) in [6.07, 6.45) is -0.142. The minimum atomic E-state index is -4.66. The van der Waals surface area contributed by atoms with Crippen LogP contribution in [-0.2, 0) is 28.5 Å². The van der Waals surface area contributed by atoms with E-state index in [1.807, 2.05) is 13.8 Å². The summed E-state index contributed by atoms with van der Waals surface area (Å²) in [5.41, 5.74) is 1.02. The van der Waals surface area contributed by atoms with Crippen LogP contribution in [0.5, 0.6) is 0 Å². The van der Waals surface area contributed by atoms with Crippen LogP contribution in [0.15, 0.2) is 53.8 Å². The number of rotatable bonds is 6. The fourth-order valence-corrected chi connectivity index (χ4v) is 5.18. The largest absolute Gasteiger partial charge is 0.451 e. The molecular weight excluding hydrogens is 534 g/mol. The monoisotopic (exact) mass is 557 g/mol. The van der Waals surface area contributed by atoms with E-state index in [9.17, 15) is 26.6 Å². The fraction of sp³-hybridized carbons (Fsp3) is 0.333. The van der Waals surface area contributed by atoms with Gasteiger partial charge in [0.05, 0.1) is 22.2 Å². The molecule has 1 amide bonds. The summed E-state index contributed by atoms with van der Waals surface area (Å²) in [7, 11) is -1.63. The second kappa shape index (κ2) is 12.5. The molecule has 0 bridgehead atoms. The highest BCUT2D eigenvalue weighted by Crippen LogP contribution is 2.30. The maximum atomic E-state index is 13.2. The number of amides is 1. The number of aromatic nitrogens is 3. The Bertz CT molecular complexity index is 1240. The van der Waals surface area contributed by atoms with Crippen LogP contribution in [0, 0.1) is 5.82 Å². The van der Waals surface area contributed by atoms with Gasteiger partial charge in [-0.2, -0.15) is 13.2 Å². The van der Waals surface area contributed by atoms with Crippen molar-refractivity contribution in [3.63, 3.8) is 0 Å². The Labute approximate surface area is 218 Å². The van der Waals surface area contributed by atoms with Crippen molar-refractivity contribution in [3.05, 3.63) is 71.3 Å². The van der Waals surface area contributed by atoms with Crippen molar-refractivity contribution < 1.29 is 26.6 Å². The lowest BCUT2D eigenvalue weighted by Crippen LogP contribution is -2.43. The zero-order valence-electron chi connectivity index (χ0n) is 19.9. The van der Waals surface area contributed by atoms with E-state index >= 15 is 0 Å². The van der Waals surface area contributed by atoms with E-state index in [1.54, 1.807) is 4.31 Å². The molecule has 2 aromatic heterocycles. The van der Waals surface area contributed by atoms with E-state index < -0.39 is 34.8 Å². The minimum absolute atomic E-state index is 0.0119. The Hall–Kier alpha value is -2.96. The Kier molecular flexibility index (Phi) is 9.68. The molecule has 2 unspecified atom stereocenters. The quantitative estimate of drug-likeness (QED) is 0.422. The summed E-state index contributed by atoms with van der Waals surface area (Å²) in [6, 6.07) is 6.15. The summed E-state index contributed by atoms with van der Waals surface area (Å²) in [4.78, 5) is 24.1. The summed E-state index contributed by atoms with van der Waals surface area (Å²) in [5, 5.41) is 2.93. The van der Waals surface area contributed by atoms with Gasteiger partial charge in [-0.15, -0.1) is 0 Å². The van der Waals surface area contributed by atoms with Gasteiger partial charge in [-0.05, 0) is 43.2 Å². The third-order valence-corrected chi connectivity index (χ3v) is 7.15. The second-order valence-corrected chi connectivity index (χ2v) is 9.51. The number of nitrogens with one attached hydrogen (secondary N) is 1. The minimum Gasteiger partial charge on any atom is -0.349 e. The normalized spacial score (nSPS) is 16.6. The SMILES string of the molecule is CC.O=C(NCc1cc(-c2cnc(C(F)(F)F)nc2)c(Cl)cn1)C1CCCN1S(=O)c1ccc(F)cc1. The molecule has 0 radical (unpaired) electrons. The maximum absolute atomic E-state index is 13.2.